The predicted molar refractivity (Wildman–Crippen MR) is 142 cm³/mol. The number of amides is 2. The summed E-state index contributed by atoms with van der Waals surface area (Å²) in [5.74, 6) is 0.525. The molecule has 13 heteroatoms. The fourth-order valence-electron chi connectivity index (χ4n) is 4.26. The number of benzene rings is 2. The maximum absolute atomic E-state index is 12.9. The van der Waals surface area contributed by atoms with E-state index in [-0.39, 0.29) is 5.69 Å². The summed E-state index contributed by atoms with van der Waals surface area (Å²) in [4.78, 5) is 23.7. The highest BCUT2D eigenvalue weighted by Crippen LogP contribution is 2.31. The number of hydrogen-bond acceptors (Lipinski definition) is 7. The van der Waals surface area contributed by atoms with Crippen molar-refractivity contribution in [2.75, 3.05) is 55.3 Å². The van der Waals surface area contributed by atoms with Crippen LogP contribution in [0, 0.1) is 0 Å². The van der Waals surface area contributed by atoms with Gasteiger partial charge in [0.2, 0.25) is 5.95 Å². The van der Waals surface area contributed by atoms with E-state index in [1.54, 1.807) is 35.1 Å². The van der Waals surface area contributed by atoms with Crippen LogP contribution in [-0.4, -0.2) is 70.1 Å². The van der Waals surface area contributed by atoms with Crippen molar-refractivity contribution < 1.29 is 22.7 Å². The lowest BCUT2D eigenvalue weighted by Crippen LogP contribution is -2.39. The number of fused-ring (bicyclic) bond motifs is 1. The highest BCUT2D eigenvalue weighted by atomic mass is 19.4. The van der Waals surface area contributed by atoms with Crippen LogP contribution in [0.5, 0.6) is 0 Å². The Balaban J connectivity index is 1.22. The van der Waals surface area contributed by atoms with Gasteiger partial charge < -0.3 is 20.7 Å². The topological polar surface area (TPSA) is 109 Å². The Bertz CT molecular complexity index is 1450. The smallest absolute Gasteiger partial charge is 0.379 e. The highest BCUT2D eigenvalue weighted by Gasteiger charge is 2.30. The van der Waals surface area contributed by atoms with Crippen LogP contribution in [0.3, 0.4) is 0 Å². The fraction of sp³-hybridized carbons (Fsp3) is 0.308. The molecule has 4 aromatic rings. The molecule has 2 aromatic carbocycles. The molecule has 0 spiro atoms. The Hall–Kier alpha value is -4.23. The monoisotopic (exact) mass is 540 g/mol. The second-order valence-electron chi connectivity index (χ2n) is 9.02. The number of hydrogen-bond donors (Lipinski definition) is 3. The number of rotatable bonds is 7. The van der Waals surface area contributed by atoms with Gasteiger partial charge in [-0.05, 0) is 30.3 Å². The third-order valence-corrected chi connectivity index (χ3v) is 6.26. The predicted octanol–water partition coefficient (Wildman–Crippen LogP) is 4.44. The van der Waals surface area contributed by atoms with Crippen LogP contribution >= 0.6 is 0 Å². The van der Waals surface area contributed by atoms with Crippen molar-refractivity contribution in [1.29, 1.82) is 0 Å². The van der Waals surface area contributed by atoms with E-state index in [1.807, 2.05) is 7.05 Å². The Morgan fingerprint density at radius 3 is 2.54 bits per heavy atom. The Morgan fingerprint density at radius 1 is 1.05 bits per heavy atom. The van der Waals surface area contributed by atoms with Crippen LogP contribution < -0.4 is 16.0 Å². The van der Waals surface area contributed by atoms with Crippen molar-refractivity contribution >= 4 is 34.4 Å². The zero-order chi connectivity index (χ0) is 27.4. The molecule has 1 fully saturated rings. The van der Waals surface area contributed by atoms with Crippen molar-refractivity contribution in [3.05, 3.63) is 60.3 Å². The number of nitrogens with zero attached hydrogens (tertiary/aromatic N) is 5. The highest BCUT2D eigenvalue weighted by molar-refractivity contribution is 6.00. The first-order valence-electron chi connectivity index (χ1n) is 12.4. The molecule has 0 unspecified atom stereocenters. The summed E-state index contributed by atoms with van der Waals surface area (Å²) < 4.78 is 45.8. The Morgan fingerprint density at radius 2 is 1.79 bits per heavy atom. The quantitative estimate of drug-likeness (QED) is 0.318. The Kier molecular flexibility index (Phi) is 7.61. The van der Waals surface area contributed by atoms with Crippen LogP contribution in [0.1, 0.15) is 5.56 Å². The second-order valence-corrected chi connectivity index (χ2v) is 9.02. The molecule has 0 saturated carbocycles. The summed E-state index contributed by atoms with van der Waals surface area (Å²) in [6.07, 6.45) is -2.76. The molecule has 1 saturated heterocycles. The number of urea groups is 1. The van der Waals surface area contributed by atoms with Gasteiger partial charge in [0.1, 0.15) is 5.69 Å². The van der Waals surface area contributed by atoms with Crippen LogP contribution in [0.4, 0.5) is 35.3 Å². The van der Waals surface area contributed by atoms with Gasteiger partial charge in [-0.2, -0.15) is 23.3 Å². The van der Waals surface area contributed by atoms with Crippen LogP contribution in [-0.2, 0) is 18.0 Å². The maximum Gasteiger partial charge on any atom is 0.416 e. The van der Waals surface area contributed by atoms with E-state index in [4.69, 9.17) is 4.74 Å². The van der Waals surface area contributed by atoms with E-state index in [0.717, 1.165) is 55.9 Å². The lowest BCUT2D eigenvalue weighted by atomic mass is 10.1. The van der Waals surface area contributed by atoms with Crippen molar-refractivity contribution in [2.45, 2.75) is 6.18 Å². The number of halogens is 3. The molecule has 10 nitrogen and oxygen atoms in total. The largest absolute Gasteiger partial charge is 0.416 e. The number of nitrogens with one attached hydrogen (secondary N) is 3. The molecule has 0 aliphatic carbocycles. The molecule has 2 amide bonds. The molecule has 1 aliphatic heterocycles. The first kappa shape index (κ1) is 26.4. The standard InChI is InChI=1S/C26H27F3N8O2/c1-36-23-21(16-31-24(34-23)30-9-10-37-11-13-39-14-12-37)22(35-36)17-5-7-19(8-6-17)32-25(38)33-20-4-2-3-18(15-20)26(27,28)29/h2-8,15-16H,9-14H2,1H3,(H,30,31,34)(H2,32,33,38). The minimum atomic E-state index is -4.49. The summed E-state index contributed by atoms with van der Waals surface area (Å²) in [6, 6.07) is 10.7. The minimum Gasteiger partial charge on any atom is -0.379 e. The Labute approximate surface area is 222 Å². The molecule has 0 atom stereocenters. The average Bonchev–Trinajstić information content (AvgIpc) is 3.25. The molecular weight excluding hydrogens is 513 g/mol. The third-order valence-electron chi connectivity index (χ3n) is 6.26. The minimum absolute atomic E-state index is 0.0360. The summed E-state index contributed by atoms with van der Waals surface area (Å²) in [7, 11) is 1.81. The average molecular weight is 541 g/mol. The lowest BCUT2D eigenvalue weighted by Gasteiger charge is -2.26. The zero-order valence-corrected chi connectivity index (χ0v) is 21.1. The maximum atomic E-state index is 12.9. The van der Waals surface area contributed by atoms with Gasteiger partial charge in [0.25, 0.3) is 0 Å². The second kappa shape index (κ2) is 11.3. The van der Waals surface area contributed by atoms with Gasteiger partial charge in [-0.15, -0.1) is 0 Å². The van der Waals surface area contributed by atoms with E-state index >= 15 is 0 Å². The van der Waals surface area contributed by atoms with E-state index in [9.17, 15) is 18.0 Å². The van der Waals surface area contributed by atoms with E-state index < -0.39 is 17.8 Å². The lowest BCUT2D eigenvalue weighted by molar-refractivity contribution is -0.137. The number of alkyl halides is 3. The van der Waals surface area contributed by atoms with Gasteiger partial charge >= 0.3 is 12.2 Å². The van der Waals surface area contributed by atoms with Crippen molar-refractivity contribution in [3.63, 3.8) is 0 Å². The van der Waals surface area contributed by atoms with Crippen molar-refractivity contribution in [3.8, 4) is 11.3 Å². The van der Waals surface area contributed by atoms with Crippen molar-refractivity contribution in [2.24, 2.45) is 7.05 Å². The molecule has 3 heterocycles. The van der Waals surface area contributed by atoms with E-state index in [0.29, 0.717) is 29.5 Å². The molecule has 5 rings (SSSR count). The van der Waals surface area contributed by atoms with Crippen molar-refractivity contribution in [1.82, 2.24) is 24.6 Å². The molecule has 0 bridgehead atoms. The van der Waals surface area contributed by atoms with Crippen LogP contribution in [0.15, 0.2) is 54.7 Å². The van der Waals surface area contributed by atoms with Gasteiger partial charge in [0.15, 0.2) is 5.65 Å². The van der Waals surface area contributed by atoms with Gasteiger partial charge in [0, 0.05) is 56.4 Å². The number of ether oxygens (including phenoxy) is 1. The summed E-state index contributed by atoms with van der Waals surface area (Å²) in [5.41, 5.74) is 1.82. The molecule has 2 aromatic heterocycles. The summed E-state index contributed by atoms with van der Waals surface area (Å²) in [5, 5.41) is 13.7. The molecule has 0 radical (unpaired) electrons. The summed E-state index contributed by atoms with van der Waals surface area (Å²) >= 11 is 0. The van der Waals surface area contributed by atoms with Gasteiger partial charge in [-0.1, -0.05) is 18.2 Å². The first-order valence-corrected chi connectivity index (χ1v) is 12.4. The van der Waals surface area contributed by atoms with Gasteiger partial charge in [-0.25, -0.2) is 14.5 Å². The first-order chi connectivity index (χ1) is 18.8. The van der Waals surface area contributed by atoms with Crippen LogP contribution in [0.2, 0.25) is 0 Å². The third kappa shape index (κ3) is 6.44. The number of anilines is 3. The molecular formula is C26H27F3N8O2. The molecule has 39 heavy (non-hydrogen) atoms. The molecule has 3 N–H and O–H groups in total. The summed E-state index contributed by atoms with van der Waals surface area (Å²) in [6.45, 7) is 4.93. The fourth-order valence-corrected chi connectivity index (χ4v) is 4.26. The van der Waals surface area contributed by atoms with E-state index in [2.05, 4.69) is 35.9 Å². The zero-order valence-electron chi connectivity index (χ0n) is 21.1. The number of carbonyl (C=O) groups excluding carboxylic acids is 1. The number of aromatic nitrogens is 4. The number of morpholine rings is 1. The molecule has 1 aliphatic rings. The van der Waals surface area contributed by atoms with E-state index in [1.165, 1.54) is 12.1 Å². The molecule has 204 valence electrons. The van der Waals surface area contributed by atoms with Gasteiger partial charge in [0.05, 0.1) is 24.2 Å². The number of aryl methyl sites for hydroxylation is 1. The SMILES string of the molecule is Cn1nc(-c2ccc(NC(=O)Nc3cccc(C(F)(F)F)c3)cc2)c2cnc(NCCN3CCOCC3)nc21. The van der Waals surface area contributed by atoms with Crippen LogP contribution in [0.25, 0.3) is 22.3 Å². The number of carbonyl (C=O) groups is 1. The van der Waals surface area contributed by atoms with Gasteiger partial charge in [-0.3, -0.25) is 4.90 Å². The normalized spacial score (nSPS) is 14.4.